The van der Waals surface area contributed by atoms with Gasteiger partial charge in [0.05, 0.1) is 19.2 Å². The highest BCUT2D eigenvalue weighted by atomic mass is 15.1. The molecule has 5 heteroatoms. The molecule has 2 heterocycles. The summed E-state index contributed by atoms with van der Waals surface area (Å²) in [5.41, 5.74) is 4.89. The zero-order chi connectivity index (χ0) is 15.4. The third kappa shape index (κ3) is 3.14. The number of fused-ring (bicyclic) bond motifs is 1. The second-order valence-corrected chi connectivity index (χ2v) is 5.40. The van der Waals surface area contributed by atoms with Gasteiger partial charge in [0.1, 0.15) is 5.52 Å². The first-order valence-electron chi connectivity index (χ1n) is 7.30. The Hall–Kier alpha value is -2.69. The molecule has 0 spiro atoms. The Balaban J connectivity index is 1.97. The van der Waals surface area contributed by atoms with Crippen molar-refractivity contribution in [3.63, 3.8) is 0 Å². The van der Waals surface area contributed by atoms with Crippen LogP contribution in [0.15, 0.2) is 59.6 Å². The second-order valence-electron chi connectivity index (χ2n) is 5.40. The van der Waals surface area contributed by atoms with Crippen LogP contribution < -0.4 is 5.49 Å². The number of imidazole rings is 1. The molecule has 0 atom stereocenters. The highest BCUT2D eigenvalue weighted by molar-refractivity contribution is 5.68. The van der Waals surface area contributed by atoms with Gasteiger partial charge in [-0.1, -0.05) is 42.0 Å². The third-order valence-corrected chi connectivity index (χ3v) is 3.38. The number of allylic oxidation sites excluding steroid dienone is 2. The number of aromatic nitrogens is 4. The Morgan fingerprint density at radius 3 is 2.82 bits per heavy atom. The molecule has 0 radical (unpaired) electrons. The van der Waals surface area contributed by atoms with E-state index in [9.17, 15) is 0 Å². The maximum atomic E-state index is 4.60. The molecule has 0 unspecified atom stereocenters. The monoisotopic (exact) mass is 293 g/mol. The van der Waals surface area contributed by atoms with Crippen LogP contribution in [-0.2, 0) is 13.1 Å². The van der Waals surface area contributed by atoms with Crippen LogP contribution in [0, 0.1) is 0 Å². The van der Waals surface area contributed by atoms with Gasteiger partial charge < -0.3 is 9.55 Å². The van der Waals surface area contributed by atoms with Crippen molar-refractivity contribution < 1.29 is 0 Å². The SMILES string of the molecule is CC(C)=CCn1cnc(=NCc2ccccc2)c2[nH]cnc21. The lowest BCUT2D eigenvalue weighted by Gasteiger charge is -2.04. The van der Waals surface area contributed by atoms with E-state index < -0.39 is 0 Å². The smallest absolute Gasteiger partial charge is 0.177 e. The second kappa shape index (κ2) is 6.39. The zero-order valence-corrected chi connectivity index (χ0v) is 12.8. The fourth-order valence-electron chi connectivity index (χ4n) is 2.20. The molecule has 0 bridgehead atoms. The summed E-state index contributed by atoms with van der Waals surface area (Å²) in [6, 6.07) is 10.2. The average molecular weight is 293 g/mol. The maximum absolute atomic E-state index is 4.60. The third-order valence-electron chi connectivity index (χ3n) is 3.38. The topological polar surface area (TPSA) is 58.9 Å². The molecule has 3 aromatic rings. The molecule has 0 fully saturated rings. The number of H-pyrrole nitrogens is 1. The number of hydrogen-bond acceptors (Lipinski definition) is 3. The highest BCUT2D eigenvalue weighted by Crippen LogP contribution is 2.05. The first-order valence-corrected chi connectivity index (χ1v) is 7.30. The van der Waals surface area contributed by atoms with E-state index in [4.69, 9.17) is 0 Å². The van der Waals surface area contributed by atoms with Crippen LogP contribution in [0.3, 0.4) is 0 Å². The summed E-state index contributed by atoms with van der Waals surface area (Å²) in [4.78, 5) is 16.6. The van der Waals surface area contributed by atoms with Crippen molar-refractivity contribution in [3.05, 3.63) is 65.7 Å². The number of benzene rings is 1. The van der Waals surface area contributed by atoms with Crippen molar-refractivity contribution in [2.45, 2.75) is 26.9 Å². The van der Waals surface area contributed by atoms with E-state index in [1.54, 1.807) is 12.7 Å². The predicted molar refractivity (Wildman–Crippen MR) is 87.0 cm³/mol. The lowest BCUT2D eigenvalue weighted by molar-refractivity contribution is 0.795. The van der Waals surface area contributed by atoms with Crippen LogP contribution in [0.2, 0.25) is 0 Å². The van der Waals surface area contributed by atoms with E-state index in [0.29, 0.717) is 12.0 Å². The number of hydrogen-bond donors (Lipinski definition) is 1. The lowest BCUT2D eigenvalue weighted by atomic mass is 10.2. The molecule has 0 aliphatic rings. The molecule has 0 aliphatic carbocycles. The van der Waals surface area contributed by atoms with Crippen LogP contribution in [0.4, 0.5) is 0 Å². The van der Waals surface area contributed by atoms with Gasteiger partial charge in [0.25, 0.3) is 0 Å². The number of rotatable bonds is 4. The Labute approximate surface area is 129 Å². The van der Waals surface area contributed by atoms with Crippen molar-refractivity contribution >= 4 is 11.2 Å². The molecule has 3 rings (SSSR count). The minimum Gasteiger partial charge on any atom is -0.340 e. The van der Waals surface area contributed by atoms with Crippen molar-refractivity contribution in [1.29, 1.82) is 0 Å². The van der Waals surface area contributed by atoms with Crippen molar-refractivity contribution in [2.24, 2.45) is 4.99 Å². The fourth-order valence-corrected chi connectivity index (χ4v) is 2.20. The Kier molecular flexibility index (Phi) is 4.14. The van der Waals surface area contributed by atoms with Gasteiger partial charge in [-0.25, -0.2) is 9.97 Å². The van der Waals surface area contributed by atoms with Crippen molar-refractivity contribution in [2.75, 3.05) is 0 Å². The average Bonchev–Trinajstić information content (AvgIpc) is 3.02. The summed E-state index contributed by atoms with van der Waals surface area (Å²) in [6.45, 7) is 5.54. The van der Waals surface area contributed by atoms with Gasteiger partial charge in [-0.3, -0.25) is 4.99 Å². The van der Waals surface area contributed by atoms with E-state index in [-0.39, 0.29) is 0 Å². The van der Waals surface area contributed by atoms with Gasteiger partial charge in [-0.2, -0.15) is 0 Å². The summed E-state index contributed by atoms with van der Waals surface area (Å²) in [6.07, 6.45) is 5.63. The number of nitrogens with zero attached hydrogens (tertiary/aromatic N) is 4. The molecule has 0 saturated carbocycles. The normalized spacial score (nSPS) is 11.8. The van der Waals surface area contributed by atoms with E-state index >= 15 is 0 Å². The Morgan fingerprint density at radius 2 is 2.05 bits per heavy atom. The first-order chi connectivity index (χ1) is 10.7. The van der Waals surface area contributed by atoms with Gasteiger partial charge in [-0.15, -0.1) is 0 Å². The van der Waals surface area contributed by atoms with E-state index in [1.165, 1.54) is 11.1 Å². The van der Waals surface area contributed by atoms with Crippen LogP contribution in [-0.4, -0.2) is 19.5 Å². The van der Waals surface area contributed by atoms with Gasteiger partial charge in [0.15, 0.2) is 11.1 Å². The van der Waals surface area contributed by atoms with E-state index in [1.807, 2.05) is 22.8 Å². The minimum absolute atomic E-state index is 0.611. The Morgan fingerprint density at radius 1 is 1.23 bits per heavy atom. The molecular weight excluding hydrogens is 274 g/mol. The number of aromatic amines is 1. The minimum atomic E-state index is 0.611. The van der Waals surface area contributed by atoms with E-state index in [0.717, 1.165) is 17.7 Å². The largest absolute Gasteiger partial charge is 0.340 e. The van der Waals surface area contributed by atoms with Crippen LogP contribution in [0.1, 0.15) is 19.4 Å². The van der Waals surface area contributed by atoms with Gasteiger partial charge in [0, 0.05) is 6.54 Å². The van der Waals surface area contributed by atoms with Crippen molar-refractivity contribution in [3.8, 4) is 0 Å². The van der Waals surface area contributed by atoms with Crippen LogP contribution in [0.25, 0.3) is 11.2 Å². The highest BCUT2D eigenvalue weighted by Gasteiger charge is 2.04. The van der Waals surface area contributed by atoms with Crippen LogP contribution >= 0.6 is 0 Å². The molecule has 22 heavy (non-hydrogen) atoms. The summed E-state index contributed by atoms with van der Waals surface area (Å²) in [5.74, 6) is 0. The quantitative estimate of drug-likeness (QED) is 0.752. The van der Waals surface area contributed by atoms with Crippen molar-refractivity contribution in [1.82, 2.24) is 19.5 Å². The van der Waals surface area contributed by atoms with Gasteiger partial charge in [0.2, 0.25) is 0 Å². The molecule has 0 amide bonds. The number of nitrogens with one attached hydrogen (secondary N) is 1. The van der Waals surface area contributed by atoms with Crippen LogP contribution in [0.5, 0.6) is 0 Å². The lowest BCUT2D eigenvalue weighted by Crippen LogP contribution is -2.14. The molecule has 1 N–H and O–H groups in total. The maximum Gasteiger partial charge on any atom is 0.177 e. The first kappa shape index (κ1) is 14.3. The summed E-state index contributed by atoms with van der Waals surface area (Å²) < 4.78 is 2.01. The Bertz CT molecular complexity index is 851. The molecule has 0 saturated heterocycles. The zero-order valence-electron chi connectivity index (χ0n) is 12.8. The summed E-state index contributed by atoms with van der Waals surface area (Å²) in [7, 11) is 0. The summed E-state index contributed by atoms with van der Waals surface area (Å²) in [5, 5.41) is 0. The molecule has 2 aromatic heterocycles. The van der Waals surface area contributed by atoms with E-state index in [2.05, 4.69) is 52.0 Å². The molecule has 0 aliphatic heterocycles. The molecular formula is C17H19N5. The molecule has 5 nitrogen and oxygen atoms in total. The van der Waals surface area contributed by atoms with Gasteiger partial charge >= 0.3 is 0 Å². The fraction of sp³-hybridized carbons (Fsp3) is 0.235. The predicted octanol–water partition coefficient (Wildman–Crippen LogP) is 2.83. The molecule has 112 valence electrons. The van der Waals surface area contributed by atoms with Gasteiger partial charge in [-0.05, 0) is 19.4 Å². The summed E-state index contributed by atoms with van der Waals surface area (Å²) >= 11 is 0. The standard InChI is InChI=1S/C17H19N5/c1-13(2)8-9-22-12-21-16(15-17(22)20-11-19-15)18-10-14-6-4-3-5-7-14/h3-8,11-12H,9-10H2,1-2H3,(H,19,20). The molecule has 1 aromatic carbocycles.